The first-order chi connectivity index (χ1) is 12.1. The van der Waals surface area contributed by atoms with E-state index in [1.165, 1.54) is 17.7 Å². The smallest absolute Gasteiger partial charge is 0.228 e. The van der Waals surface area contributed by atoms with Gasteiger partial charge in [-0.3, -0.25) is 9.59 Å². The van der Waals surface area contributed by atoms with E-state index in [1.54, 1.807) is 23.2 Å². The van der Waals surface area contributed by atoms with Gasteiger partial charge in [-0.2, -0.15) is 5.26 Å². The molecule has 25 heavy (non-hydrogen) atoms. The van der Waals surface area contributed by atoms with E-state index in [-0.39, 0.29) is 17.7 Å². The number of piperidine rings is 1. The number of fused-ring (bicyclic) bond motifs is 1. The molecule has 0 atom stereocenters. The summed E-state index contributed by atoms with van der Waals surface area (Å²) in [6.45, 7) is 2.85. The molecule has 0 saturated carbocycles. The Hall–Kier alpha value is -1.87. The zero-order valence-corrected chi connectivity index (χ0v) is 15.6. The van der Waals surface area contributed by atoms with Crippen molar-refractivity contribution < 1.29 is 9.59 Å². The number of hydrogen-bond donors (Lipinski definition) is 1. The molecule has 2 aliphatic rings. The summed E-state index contributed by atoms with van der Waals surface area (Å²) in [5.41, 5.74) is 1.84. The van der Waals surface area contributed by atoms with Gasteiger partial charge in [-0.25, -0.2) is 0 Å². The van der Waals surface area contributed by atoms with Crippen LogP contribution in [0, 0.1) is 17.2 Å². The minimum Gasteiger partial charge on any atom is -0.343 e. The van der Waals surface area contributed by atoms with Crippen molar-refractivity contribution in [1.29, 1.82) is 5.26 Å². The third-order valence-corrected chi connectivity index (χ3v) is 6.54. The van der Waals surface area contributed by atoms with Crippen LogP contribution in [-0.4, -0.2) is 29.8 Å². The number of carbonyl (C=O) groups is 2. The predicted molar refractivity (Wildman–Crippen MR) is 98.5 cm³/mol. The lowest BCUT2D eigenvalue weighted by atomic mass is 9.95. The molecule has 1 aromatic rings. The van der Waals surface area contributed by atoms with Crippen molar-refractivity contribution in [2.24, 2.45) is 5.92 Å². The molecule has 6 heteroatoms. The van der Waals surface area contributed by atoms with Crippen LogP contribution < -0.4 is 5.32 Å². The van der Waals surface area contributed by atoms with E-state index < -0.39 is 0 Å². The molecule has 5 nitrogen and oxygen atoms in total. The van der Waals surface area contributed by atoms with E-state index in [0.29, 0.717) is 31.5 Å². The van der Waals surface area contributed by atoms with Crippen LogP contribution in [-0.2, 0) is 22.4 Å². The molecule has 1 aromatic heterocycles. The first-order valence-electron chi connectivity index (χ1n) is 9.21. The van der Waals surface area contributed by atoms with Crippen LogP contribution in [0.3, 0.4) is 0 Å². The number of nitrogens with one attached hydrogen (secondary N) is 1. The highest BCUT2D eigenvalue weighted by Gasteiger charge is 2.28. The standard InChI is InChI=1S/C19H25N3O2S/c1-13(23)22-10-8-14(9-11-22)18(24)21-19-16(12-20)15-6-4-2-3-5-7-17(15)25-19/h14H,2-11H2,1H3,(H,21,24). The van der Waals surface area contributed by atoms with E-state index >= 15 is 0 Å². The Morgan fingerprint density at radius 2 is 1.84 bits per heavy atom. The van der Waals surface area contributed by atoms with E-state index in [1.807, 2.05) is 0 Å². The molecule has 1 aliphatic carbocycles. The molecule has 0 radical (unpaired) electrons. The molecule has 2 heterocycles. The second kappa shape index (κ2) is 8.01. The molecular formula is C19H25N3O2S. The number of hydrogen-bond acceptors (Lipinski definition) is 4. The lowest BCUT2D eigenvalue weighted by Crippen LogP contribution is -2.40. The summed E-state index contributed by atoms with van der Waals surface area (Å²) < 4.78 is 0. The van der Waals surface area contributed by atoms with Crippen molar-refractivity contribution >= 4 is 28.2 Å². The van der Waals surface area contributed by atoms with E-state index in [4.69, 9.17) is 0 Å². The zero-order chi connectivity index (χ0) is 17.8. The van der Waals surface area contributed by atoms with Gasteiger partial charge in [0.1, 0.15) is 11.1 Å². The maximum atomic E-state index is 12.6. The highest BCUT2D eigenvalue weighted by atomic mass is 32.1. The average molecular weight is 359 g/mol. The molecule has 1 fully saturated rings. The van der Waals surface area contributed by atoms with Crippen molar-refractivity contribution in [2.45, 2.75) is 58.3 Å². The monoisotopic (exact) mass is 359 g/mol. The number of likely N-dealkylation sites (tertiary alicyclic amines) is 1. The van der Waals surface area contributed by atoms with Gasteiger partial charge in [0.15, 0.2) is 0 Å². The summed E-state index contributed by atoms with van der Waals surface area (Å²) in [7, 11) is 0. The van der Waals surface area contributed by atoms with Crippen molar-refractivity contribution in [3.63, 3.8) is 0 Å². The second-order valence-electron chi connectivity index (χ2n) is 7.00. The van der Waals surface area contributed by atoms with Crippen LogP contribution in [0.1, 0.15) is 61.5 Å². The second-order valence-corrected chi connectivity index (χ2v) is 8.11. The Morgan fingerprint density at radius 3 is 2.48 bits per heavy atom. The summed E-state index contributed by atoms with van der Waals surface area (Å²) in [6, 6.07) is 2.32. The Morgan fingerprint density at radius 1 is 1.16 bits per heavy atom. The third-order valence-electron chi connectivity index (χ3n) is 5.33. The van der Waals surface area contributed by atoms with Crippen molar-refractivity contribution in [1.82, 2.24) is 4.90 Å². The van der Waals surface area contributed by atoms with Gasteiger partial charge in [0, 0.05) is 30.8 Å². The van der Waals surface area contributed by atoms with Gasteiger partial charge >= 0.3 is 0 Å². The number of amides is 2. The Bertz CT molecular complexity index is 696. The Labute approximate surface area is 153 Å². The maximum Gasteiger partial charge on any atom is 0.228 e. The van der Waals surface area contributed by atoms with Gasteiger partial charge in [0.05, 0.1) is 5.56 Å². The summed E-state index contributed by atoms with van der Waals surface area (Å²) >= 11 is 1.59. The number of nitrogens with zero attached hydrogens (tertiary/aromatic N) is 2. The number of thiophene rings is 1. The summed E-state index contributed by atoms with van der Waals surface area (Å²) in [5, 5.41) is 13.4. The topological polar surface area (TPSA) is 73.2 Å². The number of anilines is 1. The van der Waals surface area contributed by atoms with Gasteiger partial charge in [-0.15, -0.1) is 11.3 Å². The van der Waals surface area contributed by atoms with Crippen LogP contribution >= 0.6 is 11.3 Å². The summed E-state index contributed by atoms with van der Waals surface area (Å²) in [5.74, 6) is -0.00978. The van der Waals surface area contributed by atoms with Crippen LogP contribution in [0.5, 0.6) is 0 Å². The van der Waals surface area contributed by atoms with E-state index in [9.17, 15) is 14.9 Å². The normalized spacial score (nSPS) is 18.6. The fourth-order valence-electron chi connectivity index (χ4n) is 3.80. The van der Waals surface area contributed by atoms with E-state index in [0.717, 1.165) is 36.2 Å². The molecule has 0 bridgehead atoms. The number of rotatable bonds is 2. The van der Waals surface area contributed by atoms with Crippen molar-refractivity contribution in [3.05, 3.63) is 16.0 Å². The summed E-state index contributed by atoms with van der Waals surface area (Å²) in [4.78, 5) is 27.1. The molecule has 1 N–H and O–H groups in total. The van der Waals surface area contributed by atoms with Gasteiger partial charge in [-0.1, -0.05) is 12.8 Å². The third kappa shape index (κ3) is 4.04. The Kier molecular flexibility index (Phi) is 5.74. The minimum atomic E-state index is -0.0770. The first-order valence-corrected chi connectivity index (χ1v) is 10.0. The van der Waals surface area contributed by atoms with Gasteiger partial charge in [-0.05, 0) is 44.1 Å². The molecule has 134 valence electrons. The van der Waals surface area contributed by atoms with Crippen molar-refractivity contribution in [2.75, 3.05) is 18.4 Å². The molecule has 3 rings (SSSR count). The van der Waals surface area contributed by atoms with Crippen LogP contribution in [0.2, 0.25) is 0 Å². The van der Waals surface area contributed by atoms with Gasteiger partial charge in [0.25, 0.3) is 0 Å². The molecule has 0 spiro atoms. The van der Waals surface area contributed by atoms with Crippen LogP contribution in [0.15, 0.2) is 0 Å². The molecule has 0 aromatic carbocycles. The predicted octanol–water partition coefficient (Wildman–Crippen LogP) is 3.48. The zero-order valence-electron chi connectivity index (χ0n) is 14.8. The van der Waals surface area contributed by atoms with Crippen molar-refractivity contribution in [3.8, 4) is 6.07 Å². The SMILES string of the molecule is CC(=O)N1CCC(C(=O)Nc2sc3c(c2C#N)CCCCCC3)CC1. The number of nitriles is 1. The lowest BCUT2D eigenvalue weighted by molar-refractivity contribution is -0.132. The van der Waals surface area contributed by atoms with Gasteiger partial charge < -0.3 is 10.2 Å². The number of aryl methyl sites for hydroxylation is 1. The fraction of sp³-hybridized carbons (Fsp3) is 0.632. The van der Waals surface area contributed by atoms with Crippen LogP contribution in [0.25, 0.3) is 0 Å². The lowest BCUT2D eigenvalue weighted by Gasteiger charge is -2.30. The number of carbonyl (C=O) groups excluding carboxylic acids is 2. The fourth-order valence-corrected chi connectivity index (χ4v) is 5.04. The molecule has 1 saturated heterocycles. The largest absolute Gasteiger partial charge is 0.343 e. The molecule has 2 amide bonds. The van der Waals surface area contributed by atoms with E-state index in [2.05, 4.69) is 11.4 Å². The molecule has 1 aliphatic heterocycles. The first kappa shape index (κ1) is 17.9. The highest BCUT2D eigenvalue weighted by Crippen LogP contribution is 2.37. The maximum absolute atomic E-state index is 12.6. The van der Waals surface area contributed by atoms with Crippen LogP contribution in [0.4, 0.5) is 5.00 Å². The Balaban J connectivity index is 1.70. The molecule has 0 unspecified atom stereocenters. The van der Waals surface area contributed by atoms with Gasteiger partial charge in [0.2, 0.25) is 11.8 Å². The average Bonchev–Trinajstić information content (AvgIpc) is 2.90. The highest BCUT2D eigenvalue weighted by molar-refractivity contribution is 7.16. The summed E-state index contributed by atoms with van der Waals surface area (Å²) in [6.07, 6.45) is 8.09. The molecular weight excluding hydrogens is 334 g/mol. The minimum absolute atomic E-state index is 0.00563. The quantitative estimate of drug-likeness (QED) is 0.878.